The quantitative estimate of drug-likeness (QED) is 0.758. The van der Waals surface area contributed by atoms with E-state index in [0.29, 0.717) is 18.4 Å². The molecular formula is C16H12F2O. The molecule has 19 heavy (non-hydrogen) atoms. The molecule has 0 spiro atoms. The first-order valence-electron chi connectivity index (χ1n) is 6.23. The van der Waals surface area contributed by atoms with Gasteiger partial charge in [-0.1, -0.05) is 12.1 Å². The normalized spacial score (nSPS) is 18.2. The molecule has 2 aromatic rings. The number of ketones is 1. The van der Waals surface area contributed by atoms with Gasteiger partial charge < -0.3 is 0 Å². The summed E-state index contributed by atoms with van der Waals surface area (Å²) in [5, 5.41) is 0. The molecule has 1 atom stereocenters. The predicted octanol–water partition coefficient (Wildman–Crippen LogP) is 3.88. The van der Waals surface area contributed by atoms with Gasteiger partial charge >= 0.3 is 0 Å². The summed E-state index contributed by atoms with van der Waals surface area (Å²) in [6, 6.07) is 10.3. The van der Waals surface area contributed by atoms with Crippen LogP contribution in [-0.4, -0.2) is 5.78 Å². The summed E-state index contributed by atoms with van der Waals surface area (Å²) in [5.74, 6) is -0.882. The smallest absolute Gasteiger partial charge is 0.170 e. The highest BCUT2D eigenvalue weighted by atomic mass is 19.1. The molecule has 3 rings (SSSR count). The van der Waals surface area contributed by atoms with Crippen LogP contribution in [0.25, 0.3) is 0 Å². The lowest BCUT2D eigenvalue weighted by atomic mass is 9.79. The highest BCUT2D eigenvalue weighted by Gasteiger charge is 2.28. The number of aryl methyl sites for hydroxylation is 1. The molecule has 0 aromatic heterocycles. The molecule has 0 saturated carbocycles. The van der Waals surface area contributed by atoms with E-state index >= 15 is 0 Å². The molecular weight excluding hydrogens is 246 g/mol. The maximum absolute atomic E-state index is 13.1. The monoisotopic (exact) mass is 258 g/mol. The van der Waals surface area contributed by atoms with Crippen LogP contribution < -0.4 is 0 Å². The van der Waals surface area contributed by atoms with Crippen LogP contribution in [0.4, 0.5) is 8.78 Å². The van der Waals surface area contributed by atoms with E-state index < -0.39 is 0 Å². The Morgan fingerprint density at radius 3 is 2.37 bits per heavy atom. The van der Waals surface area contributed by atoms with Gasteiger partial charge in [0.25, 0.3) is 0 Å². The molecule has 0 saturated heterocycles. The predicted molar refractivity (Wildman–Crippen MR) is 68.2 cm³/mol. The fourth-order valence-electron chi connectivity index (χ4n) is 2.64. The van der Waals surface area contributed by atoms with Gasteiger partial charge in [-0.05, 0) is 54.3 Å². The fraction of sp³-hybridized carbons (Fsp3) is 0.188. The van der Waals surface area contributed by atoms with Gasteiger partial charge in [-0.15, -0.1) is 0 Å². The molecule has 0 amide bonds. The second-order valence-corrected chi connectivity index (χ2v) is 4.81. The molecule has 0 fully saturated rings. The summed E-state index contributed by atoms with van der Waals surface area (Å²) in [5.41, 5.74) is 2.17. The number of halogens is 2. The Kier molecular flexibility index (Phi) is 2.90. The number of fused-ring (bicyclic) bond motifs is 1. The van der Waals surface area contributed by atoms with E-state index in [1.807, 2.05) is 0 Å². The number of carbonyl (C=O) groups is 1. The van der Waals surface area contributed by atoms with Gasteiger partial charge in [0.2, 0.25) is 0 Å². The van der Waals surface area contributed by atoms with Crippen molar-refractivity contribution in [3.8, 4) is 0 Å². The van der Waals surface area contributed by atoms with Crippen LogP contribution in [0.15, 0.2) is 42.5 Å². The number of carbonyl (C=O) groups excluding carboxylic acids is 1. The van der Waals surface area contributed by atoms with E-state index in [4.69, 9.17) is 0 Å². The summed E-state index contributed by atoms with van der Waals surface area (Å²) in [7, 11) is 0. The van der Waals surface area contributed by atoms with Crippen molar-refractivity contribution in [2.24, 2.45) is 0 Å². The Bertz CT molecular complexity index is 632. The third-order valence-electron chi connectivity index (χ3n) is 3.62. The summed E-state index contributed by atoms with van der Waals surface area (Å²) in [6.45, 7) is 0. The van der Waals surface area contributed by atoms with Gasteiger partial charge in [-0.2, -0.15) is 0 Å². The molecule has 0 N–H and O–H groups in total. The Morgan fingerprint density at radius 2 is 1.63 bits per heavy atom. The van der Waals surface area contributed by atoms with Crippen molar-refractivity contribution in [1.82, 2.24) is 0 Å². The summed E-state index contributed by atoms with van der Waals surface area (Å²) < 4.78 is 26.0. The van der Waals surface area contributed by atoms with Crippen molar-refractivity contribution in [3.05, 3.63) is 70.8 Å². The number of benzene rings is 2. The van der Waals surface area contributed by atoms with Crippen molar-refractivity contribution in [3.63, 3.8) is 0 Å². The first-order valence-corrected chi connectivity index (χ1v) is 6.23. The zero-order chi connectivity index (χ0) is 13.4. The van der Waals surface area contributed by atoms with E-state index in [9.17, 15) is 13.6 Å². The molecule has 0 aliphatic heterocycles. The first-order chi connectivity index (χ1) is 9.15. The topological polar surface area (TPSA) is 17.1 Å². The van der Waals surface area contributed by atoms with E-state index in [2.05, 4.69) is 0 Å². The van der Waals surface area contributed by atoms with E-state index in [1.165, 1.54) is 24.3 Å². The van der Waals surface area contributed by atoms with Crippen LogP contribution in [0, 0.1) is 11.6 Å². The number of hydrogen-bond donors (Lipinski definition) is 0. The third kappa shape index (κ3) is 2.16. The van der Waals surface area contributed by atoms with Crippen LogP contribution in [0.1, 0.15) is 33.8 Å². The van der Waals surface area contributed by atoms with Crippen molar-refractivity contribution < 1.29 is 13.6 Å². The van der Waals surface area contributed by atoms with Crippen molar-refractivity contribution in [1.29, 1.82) is 0 Å². The molecule has 2 aromatic carbocycles. The van der Waals surface area contributed by atoms with E-state index in [0.717, 1.165) is 11.1 Å². The van der Waals surface area contributed by atoms with Crippen molar-refractivity contribution in [2.45, 2.75) is 18.8 Å². The zero-order valence-corrected chi connectivity index (χ0v) is 10.2. The lowest BCUT2D eigenvalue weighted by Gasteiger charge is -2.23. The third-order valence-corrected chi connectivity index (χ3v) is 3.62. The lowest BCUT2D eigenvalue weighted by Crippen LogP contribution is -2.21. The van der Waals surface area contributed by atoms with Crippen molar-refractivity contribution >= 4 is 5.78 Å². The average molecular weight is 258 g/mol. The maximum Gasteiger partial charge on any atom is 0.170 e. The van der Waals surface area contributed by atoms with Crippen LogP contribution in [0.3, 0.4) is 0 Å². The van der Waals surface area contributed by atoms with Crippen LogP contribution in [-0.2, 0) is 6.42 Å². The average Bonchev–Trinajstić information content (AvgIpc) is 2.40. The summed E-state index contributed by atoms with van der Waals surface area (Å²) >= 11 is 0. The van der Waals surface area contributed by atoms with Gasteiger partial charge in [0, 0.05) is 11.5 Å². The highest BCUT2D eigenvalue weighted by Crippen LogP contribution is 2.32. The van der Waals surface area contributed by atoms with Gasteiger partial charge in [0.1, 0.15) is 11.6 Å². The molecule has 0 bridgehead atoms. The van der Waals surface area contributed by atoms with Crippen LogP contribution >= 0.6 is 0 Å². The minimum atomic E-state index is -0.313. The number of rotatable bonds is 1. The Labute approximate surface area is 109 Å². The van der Waals surface area contributed by atoms with Gasteiger partial charge in [0.05, 0.1) is 0 Å². The maximum atomic E-state index is 13.1. The second-order valence-electron chi connectivity index (χ2n) is 4.81. The minimum Gasteiger partial charge on any atom is -0.293 e. The Morgan fingerprint density at radius 1 is 0.947 bits per heavy atom. The van der Waals surface area contributed by atoms with Gasteiger partial charge in [-0.3, -0.25) is 4.79 Å². The van der Waals surface area contributed by atoms with Gasteiger partial charge in [-0.25, -0.2) is 8.78 Å². The molecule has 1 aliphatic rings. The molecule has 1 aliphatic carbocycles. The highest BCUT2D eigenvalue weighted by molar-refractivity contribution is 6.03. The summed E-state index contributed by atoms with van der Waals surface area (Å²) in [4.78, 5) is 12.4. The molecule has 96 valence electrons. The van der Waals surface area contributed by atoms with E-state index in [-0.39, 0.29) is 23.3 Å². The second kappa shape index (κ2) is 4.57. The first kappa shape index (κ1) is 12.0. The van der Waals surface area contributed by atoms with Crippen LogP contribution in [0.5, 0.6) is 0 Å². The number of Topliss-reactive ketones (excluding diaryl/α,β-unsaturated/α-hetero) is 1. The molecule has 0 heterocycles. The van der Waals surface area contributed by atoms with Crippen molar-refractivity contribution in [2.75, 3.05) is 0 Å². The van der Waals surface area contributed by atoms with Crippen LogP contribution in [0.2, 0.25) is 0 Å². The molecule has 0 radical (unpaired) electrons. The summed E-state index contributed by atoms with van der Waals surface area (Å²) in [6.07, 6.45) is 1.31. The molecule has 1 unspecified atom stereocenters. The Balaban J connectivity index is 1.97. The largest absolute Gasteiger partial charge is 0.293 e. The SMILES string of the molecule is O=C1c2ccc(F)cc2CCC1c1ccc(F)cc1. The molecule has 3 heteroatoms. The Hall–Kier alpha value is -2.03. The zero-order valence-electron chi connectivity index (χ0n) is 10.2. The lowest BCUT2D eigenvalue weighted by molar-refractivity contribution is 0.0946. The number of hydrogen-bond acceptors (Lipinski definition) is 1. The van der Waals surface area contributed by atoms with E-state index in [1.54, 1.807) is 18.2 Å². The minimum absolute atomic E-state index is 0.00661. The molecule has 1 nitrogen and oxygen atoms in total. The fourth-order valence-corrected chi connectivity index (χ4v) is 2.64. The van der Waals surface area contributed by atoms with Gasteiger partial charge in [0.15, 0.2) is 5.78 Å². The standard InChI is InChI=1S/C16H12F2O/c17-12-4-1-10(2-5-12)14-7-3-11-9-13(18)6-8-15(11)16(14)19/h1-2,4-6,8-9,14H,3,7H2.